The Hall–Kier alpha value is -2.92. The third kappa shape index (κ3) is 3.71. The van der Waals surface area contributed by atoms with E-state index in [4.69, 9.17) is 4.74 Å². The molecule has 1 fully saturated rings. The molecule has 2 aromatic carbocycles. The van der Waals surface area contributed by atoms with Crippen molar-refractivity contribution in [3.8, 4) is 0 Å². The van der Waals surface area contributed by atoms with Crippen LogP contribution in [0, 0.1) is 0 Å². The fourth-order valence-corrected chi connectivity index (χ4v) is 3.54. The standard InChI is InChI=1S/C23H25N3O2/c1-16(2)17-7-9-18(10-8-17)25-23(27)21-15-24-22(26-11-13-28-14-12-26)20-6-4-3-5-19(20)21/h3-10,15-16H,11-14H2,1-2H3,(H,25,27). The molecular weight excluding hydrogens is 350 g/mol. The number of hydrogen-bond donors (Lipinski definition) is 1. The van der Waals surface area contributed by atoms with Crippen molar-refractivity contribution >= 4 is 28.2 Å². The topological polar surface area (TPSA) is 54.5 Å². The Bertz CT molecular complexity index is 977. The molecule has 0 saturated carbocycles. The number of ether oxygens (including phenoxy) is 1. The van der Waals surface area contributed by atoms with Gasteiger partial charge in [0.15, 0.2) is 0 Å². The molecule has 4 rings (SSSR count). The van der Waals surface area contributed by atoms with E-state index in [2.05, 4.69) is 41.2 Å². The summed E-state index contributed by atoms with van der Waals surface area (Å²) in [5.41, 5.74) is 2.62. The summed E-state index contributed by atoms with van der Waals surface area (Å²) in [6, 6.07) is 16.0. The summed E-state index contributed by atoms with van der Waals surface area (Å²) in [5.74, 6) is 1.23. The van der Waals surface area contributed by atoms with Crippen molar-refractivity contribution in [2.24, 2.45) is 0 Å². The molecule has 5 nitrogen and oxygen atoms in total. The van der Waals surface area contributed by atoms with E-state index in [0.717, 1.165) is 35.4 Å². The molecular formula is C23H25N3O2. The minimum atomic E-state index is -0.144. The van der Waals surface area contributed by atoms with Crippen LogP contribution in [0.15, 0.2) is 54.7 Å². The Morgan fingerprint density at radius 1 is 1.04 bits per heavy atom. The van der Waals surface area contributed by atoms with Gasteiger partial charge in [0.05, 0.1) is 18.8 Å². The highest BCUT2D eigenvalue weighted by Gasteiger charge is 2.19. The monoisotopic (exact) mass is 375 g/mol. The van der Waals surface area contributed by atoms with Crippen LogP contribution >= 0.6 is 0 Å². The number of carbonyl (C=O) groups excluding carboxylic acids is 1. The van der Waals surface area contributed by atoms with Gasteiger partial charge in [-0.05, 0) is 29.0 Å². The fraction of sp³-hybridized carbons (Fsp3) is 0.304. The highest BCUT2D eigenvalue weighted by atomic mass is 16.5. The van der Waals surface area contributed by atoms with E-state index in [1.165, 1.54) is 5.56 Å². The molecule has 1 aliphatic rings. The van der Waals surface area contributed by atoms with Crippen LogP contribution in [-0.2, 0) is 4.74 Å². The molecule has 1 saturated heterocycles. The summed E-state index contributed by atoms with van der Waals surface area (Å²) in [7, 11) is 0. The first kappa shape index (κ1) is 18.4. The zero-order valence-corrected chi connectivity index (χ0v) is 16.3. The van der Waals surface area contributed by atoms with Crippen molar-refractivity contribution in [2.45, 2.75) is 19.8 Å². The number of carbonyl (C=O) groups is 1. The lowest BCUT2D eigenvalue weighted by atomic mass is 10.0. The van der Waals surface area contributed by atoms with Crippen LogP contribution in [0.25, 0.3) is 10.8 Å². The Morgan fingerprint density at radius 3 is 2.39 bits per heavy atom. The van der Waals surface area contributed by atoms with Gasteiger partial charge in [-0.25, -0.2) is 4.98 Å². The number of amides is 1. The lowest BCUT2D eigenvalue weighted by Crippen LogP contribution is -2.37. The molecule has 1 aromatic heterocycles. The highest BCUT2D eigenvalue weighted by Crippen LogP contribution is 2.28. The zero-order valence-electron chi connectivity index (χ0n) is 16.3. The molecule has 1 aliphatic heterocycles. The molecule has 0 spiro atoms. The third-order valence-corrected chi connectivity index (χ3v) is 5.16. The second-order valence-corrected chi connectivity index (χ2v) is 7.37. The number of nitrogens with one attached hydrogen (secondary N) is 1. The van der Waals surface area contributed by atoms with Gasteiger partial charge >= 0.3 is 0 Å². The van der Waals surface area contributed by atoms with Crippen molar-refractivity contribution in [2.75, 3.05) is 36.5 Å². The number of fused-ring (bicyclic) bond motifs is 1. The maximum atomic E-state index is 12.9. The largest absolute Gasteiger partial charge is 0.378 e. The summed E-state index contributed by atoms with van der Waals surface area (Å²) in [6.45, 7) is 7.33. The number of rotatable bonds is 4. The van der Waals surface area contributed by atoms with Crippen molar-refractivity contribution in [3.63, 3.8) is 0 Å². The number of nitrogens with zero attached hydrogens (tertiary/aromatic N) is 2. The lowest BCUT2D eigenvalue weighted by molar-refractivity contribution is 0.102. The first-order valence-corrected chi connectivity index (χ1v) is 9.75. The van der Waals surface area contributed by atoms with Crippen molar-refractivity contribution < 1.29 is 9.53 Å². The van der Waals surface area contributed by atoms with Crippen LogP contribution in [0.3, 0.4) is 0 Å². The normalized spacial score (nSPS) is 14.5. The molecule has 144 valence electrons. The summed E-state index contributed by atoms with van der Waals surface area (Å²) >= 11 is 0. The predicted molar refractivity (Wildman–Crippen MR) is 113 cm³/mol. The molecule has 1 N–H and O–H groups in total. The number of morpholine rings is 1. The van der Waals surface area contributed by atoms with Crippen LogP contribution in [0.4, 0.5) is 11.5 Å². The maximum Gasteiger partial charge on any atom is 0.257 e. The molecule has 1 amide bonds. The molecule has 0 aliphatic carbocycles. The average Bonchev–Trinajstić information content (AvgIpc) is 2.74. The van der Waals surface area contributed by atoms with Crippen LogP contribution in [-0.4, -0.2) is 37.2 Å². The maximum absolute atomic E-state index is 12.9. The second kappa shape index (κ2) is 7.98. The number of hydrogen-bond acceptors (Lipinski definition) is 4. The van der Waals surface area contributed by atoms with Crippen molar-refractivity contribution in [1.82, 2.24) is 4.98 Å². The number of aromatic nitrogens is 1. The van der Waals surface area contributed by atoms with Gasteiger partial charge in [0.2, 0.25) is 0 Å². The molecule has 0 unspecified atom stereocenters. The smallest absolute Gasteiger partial charge is 0.257 e. The van der Waals surface area contributed by atoms with Crippen molar-refractivity contribution in [3.05, 3.63) is 65.9 Å². The first-order chi connectivity index (χ1) is 13.6. The minimum absolute atomic E-state index is 0.144. The van der Waals surface area contributed by atoms with Crippen LogP contribution in [0.1, 0.15) is 35.7 Å². The Labute approximate surface area is 165 Å². The van der Waals surface area contributed by atoms with Gasteiger partial charge in [-0.15, -0.1) is 0 Å². The molecule has 2 heterocycles. The highest BCUT2D eigenvalue weighted by molar-refractivity contribution is 6.14. The molecule has 28 heavy (non-hydrogen) atoms. The predicted octanol–water partition coefficient (Wildman–Crippen LogP) is 4.45. The third-order valence-electron chi connectivity index (χ3n) is 5.16. The van der Waals surface area contributed by atoms with E-state index in [0.29, 0.717) is 24.7 Å². The van der Waals surface area contributed by atoms with Crippen molar-refractivity contribution in [1.29, 1.82) is 0 Å². The van der Waals surface area contributed by atoms with Crippen LogP contribution < -0.4 is 10.2 Å². The van der Waals surface area contributed by atoms with E-state index >= 15 is 0 Å². The van der Waals surface area contributed by atoms with E-state index in [1.807, 2.05) is 36.4 Å². The zero-order chi connectivity index (χ0) is 19.5. The van der Waals surface area contributed by atoms with E-state index < -0.39 is 0 Å². The SMILES string of the molecule is CC(C)c1ccc(NC(=O)c2cnc(N3CCOCC3)c3ccccc23)cc1. The van der Waals surface area contributed by atoms with Gasteiger partial charge in [0.25, 0.3) is 5.91 Å². The molecule has 0 atom stereocenters. The Balaban J connectivity index is 1.64. The summed E-state index contributed by atoms with van der Waals surface area (Å²) in [4.78, 5) is 19.8. The number of pyridine rings is 1. The van der Waals surface area contributed by atoms with Crippen LogP contribution in [0.2, 0.25) is 0 Å². The summed E-state index contributed by atoms with van der Waals surface area (Å²) in [5, 5.41) is 4.91. The lowest BCUT2D eigenvalue weighted by Gasteiger charge is -2.29. The molecule has 5 heteroatoms. The van der Waals surface area contributed by atoms with Gasteiger partial charge in [0, 0.05) is 30.4 Å². The Kier molecular flexibility index (Phi) is 5.26. The molecule has 3 aromatic rings. The van der Waals surface area contributed by atoms with Gasteiger partial charge in [-0.2, -0.15) is 0 Å². The van der Waals surface area contributed by atoms with Gasteiger partial charge in [-0.1, -0.05) is 50.2 Å². The average molecular weight is 375 g/mol. The summed E-state index contributed by atoms with van der Waals surface area (Å²) in [6.07, 6.45) is 1.69. The van der Waals surface area contributed by atoms with Gasteiger partial charge in [0.1, 0.15) is 5.82 Å². The Morgan fingerprint density at radius 2 is 1.71 bits per heavy atom. The number of anilines is 2. The van der Waals surface area contributed by atoms with Crippen LogP contribution in [0.5, 0.6) is 0 Å². The van der Waals surface area contributed by atoms with Gasteiger partial charge < -0.3 is 15.0 Å². The molecule has 0 radical (unpaired) electrons. The molecule has 0 bridgehead atoms. The minimum Gasteiger partial charge on any atom is -0.378 e. The second-order valence-electron chi connectivity index (χ2n) is 7.37. The van der Waals surface area contributed by atoms with E-state index in [1.54, 1.807) is 6.20 Å². The fourth-order valence-electron chi connectivity index (χ4n) is 3.54. The first-order valence-electron chi connectivity index (χ1n) is 9.75. The van der Waals surface area contributed by atoms with Gasteiger partial charge in [-0.3, -0.25) is 4.79 Å². The number of benzene rings is 2. The van der Waals surface area contributed by atoms with E-state index in [-0.39, 0.29) is 5.91 Å². The van der Waals surface area contributed by atoms with E-state index in [9.17, 15) is 4.79 Å². The quantitative estimate of drug-likeness (QED) is 0.732. The summed E-state index contributed by atoms with van der Waals surface area (Å²) < 4.78 is 5.45.